The van der Waals surface area contributed by atoms with Gasteiger partial charge in [0.25, 0.3) is 0 Å². The fraction of sp³-hybridized carbons (Fsp3) is 0.455. The van der Waals surface area contributed by atoms with Gasteiger partial charge in [-0.25, -0.2) is 4.39 Å². The van der Waals surface area contributed by atoms with E-state index in [1.54, 1.807) is 6.07 Å². The molecule has 1 N–H and O–H groups in total. The van der Waals surface area contributed by atoms with Gasteiger partial charge >= 0.3 is 0 Å². The van der Waals surface area contributed by atoms with Gasteiger partial charge < -0.3 is 5.32 Å². The molecule has 2 bridgehead atoms. The number of benzene rings is 1. The van der Waals surface area contributed by atoms with Crippen LogP contribution in [0.1, 0.15) is 29.4 Å². The molecule has 1 saturated heterocycles. The van der Waals surface area contributed by atoms with E-state index in [4.69, 9.17) is 0 Å². The highest BCUT2D eigenvalue weighted by Crippen LogP contribution is 2.44. The van der Waals surface area contributed by atoms with Gasteiger partial charge in [0.05, 0.1) is 0 Å². The average Bonchev–Trinajstić information content (AvgIpc) is 2.41. The van der Waals surface area contributed by atoms with Crippen molar-refractivity contribution in [1.82, 2.24) is 5.32 Å². The summed E-state index contributed by atoms with van der Waals surface area (Å²) >= 11 is 0. The SMILES string of the molecule is Cl.Fc1cccc2c1C1CNCC2C1. The van der Waals surface area contributed by atoms with Crippen molar-refractivity contribution in [3.8, 4) is 0 Å². The molecule has 1 aromatic rings. The molecule has 1 aromatic carbocycles. The summed E-state index contributed by atoms with van der Waals surface area (Å²) in [6.07, 6.45) is 1.14. The minimum absolute atomic E-state index is 0. The van der Waals surface area contributed by atoms with Crippen molar-refractivity contribution in [2.75, 3.05) is 13.1 Å². The Morgan fingerprint density at radius 2 is 2.00 bits per heavy atom. The maximum Gasteiger partial charge on any atom is 0.127 e. The predicted octanol–water partition coefficient (Wildman–Crippen LogP) is 2.42. The van der Waals surface area contributed by atoms with Crippen molar-refractivity contribution >= 4 is 12.4 Å². The molecular formula is C11H13ClFN. The molecule has 1 fully saturated rings. The van der Waals surface area contributed by atoms with Crippen molar-refractivity contribution in [2.24, 2.45) is 0 Å². The predicted molar refractivity (Wildman–Crippen MR) is 56.6 cm³/mol. The first-order valence-electron chi connectivity index (χ1n) is 4.85. The summed E-state index contributed by atoms with van der Waals surface area (Å²) < 4.78 is 13.5. The summed E-state index contributed by atoms with van der Waals surface area (Å²) in [7, 11) is 0. The Labute approximate surface area is 89.1 Å². The molecule has 0 radical (unpaired) electrons. The van der Waals surface area contributed by atoms with Gasteiger partial charge in [0.15, 0.2) is 0 Å². The summed E-state index contributed by atoms with van der Waals surface area (Å²) in [5, 5.41) is 3.35. The zero-order valence-corrected chi connectivity index (χ0v) is 8.61. The maximum absolute atomic E-state index is 13.5. The molecule has 3 rings (SSSR count). The molecule has 76 valence electrons. The first-order chi connectivity index (χ1) is 6.36. The minimum atomic E-state index is -0.00583. The fourth-order valence-corrected chi connectivity index (χ4v) is 2.74. The lowest BCUT2D eigenvalue weighted by Crippen LogP contribution is -2.28. The van der Waals surface area contributed by atoms with Crippen LogP contribution in [0.4, 0.5) is 4.39 Å². The van der Waals surface area contributed by atoms with Crippen LogP contribution in [0, 0.1) is 5.82 Å². The number of hydrogen-bond donors (Lipinski definition) is 1. The van der Waals surface area contributed by atoms with Crippen LogP contribution in [0.3, 0.4) is 0 Å². The van der Waals surface area contributed by atoms with Gasteiger partial charge in [-0.05, 0) is 29.5 Å². The van der Waals surface area contributed by atoms with Crippen molar-refractivity contribution in [2.45, 2.75) is 18.3 Å². The molecule has 2 aliphatic rings. The maximum atomic E-state index is 13.5. The van der Waals surface area contributed by atoms with Crippen molar-refractivity contribution < 1.29 is 4.39 Å². The second-order valence-electron chi connectivity index (χ2n) is 4.03. The van der Waals surface area contributed by atoms with Gasteiger partial charge in [-0.3, -0.25) is 0 Å². The van der Waals surface area contributed by atoms with Crippen LogP contribution in [-0.4, -0.2) is 13.1 Å². The lowest BCUT2D eigenvalue weighted by molar-refractivity contribution is 0.448. The Balaban J connectivity index is 0.000000750. The largest absolute Gasteiger partial charge is 0.316 e. The Morgan fingerprint density at radius 1 is 1.21 bits per heavy atom. The molecule has 0 spiro atoms. The van der Waals surface area contributed by atoms with Crippen LogP contribution in [0.2, 0.25) is 0 Å². The van der Waals surface area contributed by atoms with E-state index in [1.807, 2.05) is 6.07 Å². The van der Waals surface area contributed by atoms with Gasteiger partial charge in [-0.15, -0.1) is 12.4 Å². The van der Waals surface area contributed by atoms with E-state index in [1.165, 1.54) is 5.56 Å². The Bertz CT molecular complexity index is 353. The standard InChI is InChI=1S/C11H12FN.ClH/c12-10-3-1-2-9-7-4-8(11(9)10)6-13-5-7;/h1-3,7-8,13H,4-6H2;1H. The summed E-state index contributed by atoms with van der Waals surface area (Å²) in [6, 6.07) is 5.49. The van der Waals surface area contributed by atoms with E-state index >= 15 is 0 Å². The molecule has 2 unspecified atom stereocenters. The molecule has 1 aliphatic carbocycles. The molecule has 0 aromatic heterocycles. The third kappa shape index (κ3) is 1.25. The second-order valence-corrected chi connectivity index (χ2v) is 4.03. The first-order valence-corrected chi connectivity index (χ1v) is 4.85. The van der Waals surface area contributed by atoms with Crippen LogP contribution in [0.15, 0.2) is 18.2 Å². The average molecular weight is 214 g/mol. The molecule has 1 aliphatic heterocycles. The van der Waals surface area contributed by atoms with E-state index in [2.05, 4.69) is 11.4 Å². The smallest absolute Gasteiger partial charge is 0.127 e. The Kier molecular flexibility index (Phi) is 2.50. The van der Waals surface area contributed by atoms with Crippen LogP contribution in [0.25, 0.3) is 0 Å². The summed E-state index contributed by atoms with van der Waals surface area (Å²) in [5.41, 5.74) is 2.23. The molecule has 3 heteroatoms. The highest BCUT2D eigenvalue weighted by Gasteiger charge is 2.35. The highest BCUT2D eigenvalue weighted by atomic mass is 35.5. The van der Waals surface area contributed by atoms with E-state index in [-0.39, 0.29) is 18.2 Å². The van der Waals surface area contributed by atoms with Gasteiger partial charge in [-0.1, -0.05) is 12.1 Å². The van der Waals surface area contributed by atoms with Gasteiger partial charge in [-0.2, -0.15) is 0 Å². The fourth-order valence-electron chi connectivity index (χ4n) is 2.74. The van der Waals surface area contributed by atoms with E-state index < -0.39 is 0 Å². The lowest BCUT2D eigenvalue weighted by Gasteiger charge is -2.19. The topological polar surface area (TPSA) is 12.0 Å². The third-order valence-electron chi connectivity index (χ3n) is 3.29. The molecule has 1 heterocycles. The Morgan fingerprint density at radius 3 is 2.86 bits per heavy atom. The Hall–Kier alpha value is -0.600. The van der Waals surface area contributed by atoms with Crippen molar-refractivity contribution in [3.05, 3.63) is 35.1 Å². The molecule has 14 heavy (non-hydrogen) atoms. The van der Waals surface area contributed by atoms with Gasteiger partial charge in [0.2, 0.25) is 0 Å². The monoisotopic (exact) mass is 213 g/mol. The van der Waals surface area contributed by atoms with E-state index in [9.17, 15) is 4.39 Å². The summed E-state index contributed by atoms with van der Waals surface area (Å²) in [4.78, 5) is 0. The van der Waals surface area contributed by atoms with Crippen LogP contribution < -0.4 is 5.32 Å². The molecule has 0 saturated carbocycles. The van der Waals surface area contributed by atoms with E-state index in [0.717, 1.165) is 25.1 Å². The molecular weight excluding hydrogens is 201 g/mol. The zero-order chi connectivity index (χ0) is 8.84. The normalized spacial score (nSPS) is 28.1. The van der Waals surface area contributed by atoms with Crippen LogP contribution in [0.5, 0.6) is 0 Å². The minimum Gasteiger partial charge on any atom is -0.316 e. The van der Waals surface area contributed by atoms with Crippen molar-refractivity contribution in [3.63, 3.8) is 0 Å². The summed E-state index contributed by atoms with van der Waals surface area (Å²) in [5.74, 6) is 0.980. The number of rotatable bonds is 0. The van der Waals surface area contributed by atoms with Gasteiger partial charge in [0.1, 0.15) is 5.82 Å². The first kappa shape index (κ1) is 9.94. The molecule has 2 atom stereocenters. The van der Waals surface area contributed by atoms with Crippen LogP contribution >= 0.6 is 12.4 Å². The van der Waals surface area contributed by atoms with Gasteiger partial charge in [0, 0.05) is 19.0 Å². The second kappa shape index (κ2) is 3.52. The lowest BCUT2D eigenvalue weighted by atomic mass is 9.98. The number of nitrogens with one attached hydrogen (secondary N) is 1. The summed E-state index contributed by atoms with van der Waals surface area (Å²) in [6.45, 7) is 1.97. The molecule has 1 nitrogen and oxygen atoms in total. The number of halogens is 2. The quantitative estimate of drug-likeness (QED) is 0.698. The number of hydrogen-bond acceptors (Lipinski definition) is 1. The van der Waals surface area contributed by atoms with E-state index in [0.29, 0.717) is 11.8 Å². The third-order valence-corrected chi connectivity index (χ3v) is 3.29. The van der Waals surface area contributed by atoms with Crippen LogP contribution in [-0.2, 0) is 0 Å². The zero-order valence-electron chi connectivity index (χ0n) is 7.79. The number of fused-ring (bicyclic) bond motifs is 5. The van der Waals surface area contributed by atoms with Crippen molar-refractivity contribution in [1.29, 1.82) is 0 Å². The highest BCUT2D eigenvalue weighted by molar-refractivity contribution is 5.85. The number of piperidine rings is 1. The molecule has 0 amide bonds.